The van der Waals surface area contributed by atoms with Crippen LogP contribution in [0.15, 0.2) is 0 Å². The molecule has 1 unspecified atom stereocenters. The highest BCUT2D eigenvalue weighted by Crippen LogP contribution is 2.32. The van der Waals surface area contributed by atoms with Crippen LogP contribution in [0.2, 0.25) is 0 Å². The van der Waals surface area contributed by atoms with Crippen molar-refractivity contribution in [3.8, 4) is 0 Å². The summed E-state index contributed by atoms with van der Waals surface area (Å²) < 4.78 is 5.42. The quantitative estimate of drug-likeness (QED) is 0.601. The molecule has 1 rings (SSSR count). The lowest BCUT2D eigenvalue weighted by Crippen LogP contribution is -2.33. The molecular formula is C13H26N2O2. The second-order valence-electron chi connectivity index (χ2n) is 5.18. The summed E-state index contributed by atoms with van der Waals surface area (Å²) in [7, 11) is 0. The fraction of sp³-hybridized carbons (Fsp3) is 0.923. The van der Waals surface area contributed by atoms with Crippen molar-refractivity contribution >= 4 is 5.91 Å². The maximum Gasteiger partial charge on any atom is 0.221 e. The lowest BCUT2D eigenvalue weighted by atomic mass is 10.1. The van der Waals surface area contributed by atoms with E-state index in [1.165, 1.54) is 12.8 Å². The molecule has 0 aromatic carbocycles. The Morgan fingerprint density at radius 1 is 1.41 bits per heavy atom. The molecule has 0 spiro atoms. The summed E-state index contributed by atoms with van der Waals surface area (Å²) in [4.78, 5) is 11.5. The molecular weight excluding hydrogens is 216 g/mol. The number of hydrogen-bond donors (Lipinski definition) is 2. The molecule has 1 saturated carbocycles. The van der Waals surface area contributed by atoms with Gasteiger partial charge in [0.25, 0.3) is 0 Å². The van der Waals surface area contributed by atoms with Gasteiger partial charge in [-0.15, -0.1) is 0 Å². The van der Waals surface area contributed by atoms with Crippen LogP contribution >= 0.6 is 0 Å². The Labute approximate surface area is 104 Å². The summed E-state index contributed by atoms with van der Waals surface area (Å²) in [5, 5.41) is 2.91. The molecule has 0 aromatic heterocycles. The van der Waals surface area contributed by atoms with Gasteiger partial charge in [-0.3, -0.25) is 4.79 Å². The fourth-order valence-electron chi connectivity index (χ4n) is 1.75. The largest absolute Gasteiger partial charge is 0.379 e. The number of unbranched alkanes of at least 4 members (excludes halogenated alkanes) is 1. The molecule has 4 nitrogen and oxygen atoms in total. The van der Waals surface area contributed by atoms with Gasteiger partial charge in [0.05, 0.1) is 6.10 Å². The van der Waals surface area contributed by atoms with E-state index in [1.54, 1.807) is 0 Å². The summed E-state index contributed by atoms with van der Waals surface area (Å²) in [5.41, 5.74) is 5.88. The molecule has 1 aliphatic rings. The number of amides is 1. The van der Waals surface area contributed by atoms with Gasteiger partial charge in [-0.25, -0.2) is 0 Å². The minimum atomic E-state index is 0.0688. The number of nitrogens with one attached hydrogen (secondary N) is 1. The molecule has 0 aliphatic heterocycles. The van der Waals surface area contributed by atoms with Crippen LogP contribution in [0, 0.1) is 5.92 Å². The number of nitrogens with two attached hydrogens (primary N) is 1. The normalized spacial score (nSPS) is 17.2. The summed E-state index contributed by atoms with van der Waals surface area (Å²) in [5.74, 6) is 0.689. The van der Waals surface area contributed by atoms with Crippen molar-refractivity contribution in [1.82, 2.24) is 5.32 Å². The van der Waals surface area contributed by atoms with Crippen molar-refractivity contribution in [2.45, 2.75) is 58.1 Å². The van der Waals surface area contributed by atoms with Gasteiger partial charge in [0.15, 0.2) is 0 Å². The van der Waals surface area contributed by atoms with Crippen molar-refractivity contribution in [3.63, 3.8) is 0 Å². The van der Waals surface area contributed by atoms with Gasteiger partial charge in [-0.05, 0) is 45.4 Å². The van der Waals surface area contributed by atoms with E-state index in [0.29, 0.717) is 18.4 Å². The second-order valence-corrected chi connectivity index (χ2v) is 5.18. The predicted octanol–water partition coefficient (Wildman–Crippen LogP) is 1.44. The highest BCUT2D eigenvalue weighted by Gasteiger charge is 2.29. The maximum absolute atomic E-state index is 11.5. The average molecular weight is 242 g/mol. The topological polar surface area (TPSA) is 64.3 Å². The van der Waals surface area contributed by atoms with Crippen molar-refractivity contribution in [2.24, 2.45) is 11.7 Å². The Balaban J connectivity index is 1.89. The first-order valence-electron chi connectivity index (χ1n) is 6.73. The lowest BCUT2D eigenvalue weighted by Gasteiger charge is -2.11. The minimum Gasteiger partial charge on any atom is -0.379 e. The highest BCUT2D eigenvalue weighted by atomic mass is 16.5. The van der Waals surface area contributed by atoms with Gasteiger partial charge in [-0.2, -0.15) is 0 Å². The van der Waals surface area contributed by atoms with Gasteiger partial charge < -0.3 is 15.8 Å². The highest BCUT2D eigenvalue weighted by molar-refractivity contribution is 5.76. The van der Waals surface area contributed by atoms with E-state index in [0.717, 1.165) is 26.0 Å². The monoisotopic (exact) mass is 242 g/mol. The first-order valence-corrected chi connectivity index (χ1v) is 6.73. The molecule has 0 saturated heterocycles. The van der Waals surface area contributed by atoms with Crippen LogP contribution in [0.25, 0.3) is 0 Å². The molecule has 0 bridgehead atoms. The first-order chi connectivity index (χ1) is 8.09. The van der Waals surface area contributed by atoms with Crippen LogP contribution in [0.1, 0.15) is 46.0 Å². The standard InChI is InChI=1S/C13H26N2O2/c1-10(2)17-8-4-3-7-15-13(16)9-12(14)11-5-6-11/h10-12H,3-9,14H2,1-2H3,(H,15,16). The Bertz CT molecular complexity index is 227. The van der Waals surface area contributed by atoms with Gasteiger partial charge in [0, 0.05) is 25.6 Å². The molecule has 17 heavy (non-hydrogen) atoms. The third kappa shape index (κ3) is 7.34. The van der Waals surface area contributed by atoms with Crippen LogP contribution in [0.4, 0.5) is 0 Å². The molecule has 0 radical (unpaired) electrons. The molecule has 0 aromatic rings. The summed E-state index contributed by atoms with van der Waals surface area (Å²) in [6.07, 6.45) is 5.13. The average Bonchev–Trinajstić information content (AvgIpc) is 3.06. The molecule has 1 fully saturated rings. The first kappa shape index (κ1) is 14.5. The Morgan fingerprint density at radius 3 is 2.71 bits per heavy atom. The van der Waals surface area contributed by atoms with E-state index in [4.69, 9.17) is 10.5 Å². The zero-order chi connectivity index (χ0) is 12.7. The zero-order valence-corrected chi connectivity index (χ0v) is 11.1. The smallest absolute Gasteiger partial charge is 0.221 e. The van der Waals surface area contributed by atoms with E-state index in [-0.39, 0.29) is 11.9 Å². The van der Waals surface area contributed by atoms with Gasteiger partial charge >= 0.3 is 0 Å². The van der Waals surface area contributed by atoms with Crippen LogP contribution in [-0.2, 0) is 9.53 Å². The minimum absolute atomic E-state index is 0.0688. The molecule has 1 amide bonds. The van der Waals surface area contributed by atoms with E-state index >= 15 is 0 Å². The maximum atomic E-state index is 11.5. The number of hydrogen-bond acceptors (Lipinski definition) is 3. The second kappa shape index (κ2) is 7.67. The lowest BCUT2D eigenvalue weighted by molar-refractivity contribution is -0.121. The van der Waals surface area contributed by atoms with Crippen LogP contribution < -0.4 is 11.1 Å². The molecule has 3 N–H and O–H groups in total. The summed E-state index contributed by atoms with van der Waals surface area (Å²) in [6, 6.07) is 0.0688. The molecule has 100 valence electrons. The number of ether oxygens (including phenoxy) is 1. The molecule has 1 atom stereocenters. The van der Waals surface area contributed by atoms with Crippen LogP contribution in [0.5, 0.6) is 0 Å². The number of carbonyl (C=O) groups is 1. The Morgan fingerprint density at radius 2 is 2.12 bits per heavy atom. The fourth-order valence-corrected chi connectivity index (χ4v) is 1.75. The van der Waals surface area contributed by atoms with Crippen LogP contribution in [0.3, 0.4) is 0 Å². The third-order valence-electron chi connectivity index (χ3n) is 2.99. The summed E-state index contributed by atoms with van der Waals surface area (Å²) >= 11 is 0. The Kier molecular flexibility index (Phi) is 6.52. The molecule has 1 aliphatic carbocycles. The van der Waals surface area contributed by atoms with E-state index < -0.39 is 0 Å². The van der Waals surface area contributed by atoms with Gasteiger partial charge in [-0.1, -0.05) is 0 Å². The SMILES string of the molecule is CC(C)OCCCCNC(=O)CC(N)C1CC1. The Hall–Kier alpha value is -0.610. The zero-order valence-electron chi connectivity index (χ0n) is 11.1. The van der Waals surface area contributed by atoms with E-state index in [9.17, 15) is 4.79 Å². The third-order valence-corrected chi connectivity index (χ3v) is 2.99. The number of rotatable bonds is 9. The van der Waals surface area contributed by atoms with Crippen molar-refractivity contribution < 1.29 is 9.53 Å². The van der Waals surface area contributed by atoms with Crippen LogP contribution in [-0.4, -0.2) is 31.2 Å². The van der Waals surface area contributed by atoms with Crippen molar-refractivity contribution in [3.05, 3.63) is 0 Å². The van der Waals surface area contributed by atoms with E-state index in [2.05, 4.69) is 5.32 Å². The van der Waals surface area contributed by atoms with Crippen molar-refractivity contribution in [2.75, 3.05) is 13.2 Å². The molecule has 4 heteroatoms. The molecule has 0 heterocycles. The van der Waals surface area contributed by atoms with Gasteiger partial charge in [0.2, 0.25) is 5.91 Å². The van der Waals surface area contributed by atoms with Crippen molar-refractivity contribution in [1.29, 1.82) is 0 Å². The number of carbonyl (C=O) groups excluding carboxylic acids is 1. The predicted molar refractivity (Wildman–Crippen MR) is 68.6 cm³/mol. The van der Waals surface area contributed by atoms with E-state index in [1.807, 2.05) is 13.8 Å². The van der Waals surface area contributed by atoms with Gasteiger partial charge in [0.1, 0.15) is 0 Å². The summed E-state index contributed by atoms with van der Waals surface area (Å²) in [6.45, 7) is 5.56.